The number of nitriles is 1. The summed E-state index contributed by atoms with van der Waals surface area (Å²) < 4.78 is 26.2. The van der Waals surface area contributed by atoms with Gasteiger partial charge in [0.25, 0.3) is 0 Å². The zero-order valence-electron chi connectivity index (χ0n) is 11.0. The van der Waals surface area contributed by atoms with Crippen LogP contribution in [0.25, 0.3) is 0 Å². The third-order valence-electron chi connectivity index (χ3n) is 3.61. The van der Waals surface area contributed by atoms with Crippen LogP contribution in [0.3, 0.4) is 0 Å². The van der Waals surface area contributed by atoms with E-state index in [-0.39, 0.29) is 0 Å². The van der Waals surface area contributed by atoms with Crippen LogP contribution in [-0.4, -0.2) is 31.1 Å². The normalized spacial score (nSPS) is 18.1. The van der Waals surface area contributed by atoms with Gasteiger partial charge < -0.3 is 0 Å². The van der Waals surface area contributed by atoms with E-state index in [1.807, 2.05) is 30.3 Å². The van der Waals surface area contributed by atoms with Gasteiger partial charge in [-0.2, -0.15) is 5.26 Å². The molecular formula is C14H18N2O2S. The van der Waals surface area contributed by atoms with Crippen molar-refractivity contribution in [3.63, 3.8) is 0 Å². The topological polar surface area (TPSA) is 61.2 Å². The molecule has 0 aliphatic carbocycles. The Labute approximate surface area is 114 Å². The quantitative estimate of drug-likeness (QED) is 0.845. The monoisotopic (exact) mass is 278 g/mol. The molecule has 1 heterocycles. The van der Waals surface area contributed by atoms with Gasteiger partial charge in [0.15, 0.2) is 5.25 Å². The van der Waals surface area contributed by atoms with Gasteiger partial charge in [-0.25, -0.2) is 12.7 Å². The van der Waals surface area contributed by atoms with Crippen LogP contribution in [0.15, 0.2) is 24.3 Å². The van der Waals surface area contributed by atoms with Gasteiger partial charge in [0, 0.05) is 13.1 Å². The van der Waals surface area contributed by atoms with Gasteiger partial charge in [-0.05, 0) is 30.4 Å². The first-order chi connectivity index (χ1) is 9.09. The van der Waals surface area contributed by atoms with Crippen molar-refractivity contribution < 1.29 is 8.42 Å². The number of sulfonamides is 1. The summed E-state index contributed by atoms with van der Waals surface area (Å²) in [7, 11) is -3.49. The fraction of sp³-hybridized carbons (Fsp3) is 0.500. The molecule has 1 atom stereocenters. The minimum Gasteiger partial charge on any atom is -0.211 e. The Morgan fingerprint density at radius 2 is 1.79 bits per heavy atom. The second kappa shape index (κ2) is 5.72. The summed E-state index contributed by atoms with van der Waals surface area (Å²) in [6.45, 7) is 2.67. The second-order valence-electron chi connectivity index (χ2n) is 4.74. The van der Waals surface area contributed by atoms with Gasteiger partial charge in [-0.15, -0.1) is 0 Å². The maximum Gasteiger partial charge on any atom is 0.230 e. The fourth-order valence-electron chi connectivity index (χ4n) is 2.45. The van der Waals surface area contributed by atoms with E-state index < -0.39 is 15.3 Å². The Balaban J connectivity index is 2.21. The van der Waals surface area contributed by atoms with Crippen molar-refractivity contribution in [3.05, 3.63) is 35.4 Å². The Morgan fingerprint density at radius 3 is 2.21 bits per heavy atom. The third kappa shape index (κ3) is 2.80. The van der Waals surface area contributed by atoms with Crippen LogP contribution in [0.4, 0.5) is 0 Å². The van der Waals surface area contributed by atoms with Crippen molar-refractivity contribution in [1.82, 2.24) is 4.31 Å². The molecule has 1 unspecified atom stereocenters. The second-order valence-corrected chi connectivity index (χ2v) is 6.85. The highest BCUT2D eigenvalue weighted by Gasteiger charge is 2.31. The highest BCUT2D eigenvalue weighted by Crippen LogP contribution is 2.20. The number of fused-ring (bicyclic) bond motifs is 1. The van der Waals surface area contributed by atoms with Gasteiger partial charge >= 0.3 is 0 Å². The third-order valence-corrected chi connectivity index (χ3v) is 5.86. The molecule has 102 valence electrons. The highest BCUT2D eigenvalue weighted by atomic mass is 32.2. The van der Waals surface area contributed by atoms with Gasteiger partial charge in [0.2, 0.25) is 10.0 Å². The summed E-state index contributed by atoms with van der Waals surface area (Å²) in [5.74, 6) is 0. The molecule has 0 aromatic heterocycles. The van der Waals surface area contributed by atoms with E-state index in [4.69, 9.17) is 5.26 Å². The zero-order chi connectivity index (χ0) is 13.9. The van der Waals surface area contributed by atoms with Crippen LogP contribution < -0.4 is 0 Å². The fourth-order valence-corrected chi connectivity index (χ4v) is 4.06. The Kier molecular flexibility index (Phi) is 4.23. The summed E-state index contributed by atoms with van der Waals surface area (Å²) in [5, 5.41) is 8.06. The van der Waals surface area contributed by atoms with Crippen molar-refractivity contribution in [3.8, 4) is 6.07 Å². The first kappa shape index (κ1) is 14.0. The molecule has 4 nitrogen and oxygen atoms in total. The highest BCUT2D eigenvalue weighted by molar-refractivity contribution is 7.90. The van der Waals surface area contributed by atoms with Gasteiger partial charge in [0.1, 0.15) is 0 Å². The van der Waals surface area contributed by atoms with Crippen molar-refractivity contribution in [2.45, 2.75) is 31.4 Å². The molecule has 2 rings (SSSR count). The van der Waals surface area contributed by atoms with E-state index in [1.165, 1.54) is 15.4 Å². The zero-order valence-corrected chi connectivity index (χ0v) is 11.9. The molecular weight excluding hydrogens is 260 g/mol. The summed E-state index contributed by atoms with van der Waals surface area (Å²) in [5.41, 5.74) is 2.43. The minimum atomic E-state index is -3.49. The Bertz CT molecular complexity index is 563. The molecule has 0 bridgehead atoms. The summed E-state index contributed by atoms with van der Waals surface area (Å²) in [6.07, 6.45) is 1.77. The van der Waals surface area contributed by atoms with Gasteiger partial charge in [-0.1, -0.05) is 31.2 Å². The molecule has 0 saturated carbocycles. The average Bonchev–Trinajstić information content (AvgIpc) is 2.62. The predicted octanol–water partition coefficient (Wildman–Crippen LogP) is 1.72. The van der Waals surface area contributed by atoms with E-state index in [0.29, 0.717) is 19.5 Å². The number of rotatable bonds is 3. The average molecular weight is 278 g/mol. The summed E-state index contributed by atoms with van der Waals surface area (Å²) >= 11 is 0. The van der Waals surface area contributed by atoms with Crippen LogP contribution in [0, 0.1) is 11.3 Å². The van der Waals surface area contributed by atoms with E-state index in [2.05, 4.69) is 0 Å². The van der Waals surface area contributed by atoms with E-state index >= 15 is 0 Å². The van der Waals surface area contributed by atoms with E-state index in [1.54, 1.807) is 6.92 Å². The molecule has 1 aromatic carbocycles. The molecule has 5 heteroatoms. The van der Waals surface area contributed by atoms with Crippen molar-refractivity contribution in [2.24, 2.45) is 0 Å². The molecule has 19 heavy (non-hydrogen) atoms. The van der Waals surface area contributed by atoms with Crippen molar-refractivity contribution >= 4 is 10.0 Å². The van der Waals surface area contributed by atoms with Crippen LogP contribution in [0.1, 0.15) is 24.5 Å². The number of hydrogen-bond acceptors (Lipinski definition) is 3. The number of hydrogen-bond donors (Lipinski definition) is 0. The van der Waals surface area contributed by atoms with Crippen molar-refractivity contribution in [2.75, 3.05) is 13.1 Å². The largest absolute Gasteiger partial charge is 0.230 e. The predicted molar refractivity (Wildman–Crippen MR) is 74.0 cm³/mol. The molecule has 1 aliphatic heterocycles. The molecule has 0 spiro atoms. The number of benzene rings is 1. The minimum absolute atomic E-state index is 0.336. The Hall–Kier alpha value is -1.38. The number of nitrogens with zero attached hydrogens (tertiary/aromatic N) is 2. The molecule has 0 radical (unpaired) electrons. The van der Waals surface area contributed by atoms with Crippen LogP contribution >= 0.6 is 0 Å². The lowest BCUT2D eigenvalue weighted by Crippen LogP contribution is -2.39. The Morgan fingerprint density at radius 1 is 1.26 bits per heavy atom. The lowest BCUT2D eigenvalue weighted by atomic mass is 10.0. The molecule has 1 aromatic rings. The van der Waals surface area contributed by atoms with Gasteiger partial charge in [0.05, 0.1) is 6.07 Å². The standard InChI is InChI=1S/C14H18N2O2S/c1-2-14(11-15)19(17,18)16-9-7-12-5-3-4-6-13(12)8-10-16/h3-6,14H,2,7-10H2,1H3. The molecule has 0 amide bonds. The SMILES string of the molecule is CCC(C#N)S(=O)(=O)N1CCc2ccccc2CC1. The smallest absolute Gasteiger partial charge is 0.211 e. The molecule has 0 N–H and O–H groups in total. The maximum absolute atomic E-state index is 12.4. The summed E-state index contributed by atoms with van der Waals surface area (Å²) in [4.78, 5) is 0. The van der Waals surface area contributed by atoms with Gasteiger partial charge in [-0.3, -0.25) is 0 Å². The lowest BCUT2D eigenvalue weighted by Gasteiger charge is -2.22. The van der Waals surface area contributed by atoms with E-state index in [0.717, 1.165) is 12.8 Å². The van der Waals surface area contributed by atoms with Crippen LogP contribution in [0.2, 0.25) is 0 Å². The summed E-state index contributed by atoms with van der Waals surface area (Å²) in [6, 6.07) is 9.96. The van der Waals surface area contributed by atoms with Crippen LogP contribution in [0.5, 0.6) is 0 Å². The molecule has 0 saturated heterocycles. The molecule has 1 aliphatic rings. The maximum atomic E-state index is 12.4. The van der Waals surface area contributed by atoms with Crippen molar-refractivity contribution in [1.29, 1.82) is 5.26 Å². The first-order valence-electron chi connectivity index (χ1n) is 6.55. The lowest BCUT2D eigenvalue weighted by molar-refractivity contribution is 0.422. The first-order valence-corrected chi connectivity index (χ1v) is 8.05. The molecule has 0 fully saturated rings. The van der Waals surface area contributed by atoms with E-state index in [9.17, 15) is 8.42 Å². The van der Waals surface area contributed by atoms with Crippen LogP contribution in [-0.2, 0) is 22.9 Å².